The highest BCUT2D eigenvalue weighted by molar-refractivity contribution is 14.0. The number of guanidine groups is 1. The van der Waals surface area contributed by atoms with Crippen molar-refractivity contribution in [3.8, 4) is 0 Å². The first-order valence-corrected chi connectivity index (χ1v) is 6.96. The van der Waals surface area contributed by atoms with Crippen LogP contribution in [0.1, 0.15) is 37.8 Å². The molecule has 0 atom stereocenters. The van der Waals surface area contributed by atoms with E-state index >= 15 is 0 Å². The molecule has 0 unspecified atom stereocenters. The average Bonchev–Trinajstić information content (AvgIpc) is 2.44. The predicted octanol–water partition coefficient (Wildman–Crippen LogP) is 3.05. The molecule has 0 amide bonds. The summed E-state index contributed by atoms with van der Waals surface area (Å²) in [5, 5.41) is 3.11. The Balaban J connectivity index is 0.00000361. The van der Waals surface area contributed by atoms with Crippen molar-refractivity contribution in [2.45, 2.75) is 39.8 Å². The first-order chi connectivity index (χ1) is 9.27. The molecule has 0 aromatic heterocycles. The Morgan fingerprint density at radius 3 is 2.60 bits per heavy atom. The minimum absolute atomic E-state index is 0. The summed E-state index contributed by atoms with van der Waals surface area (Å²) in [5.41, 5.74) is 8.16. The molecule has 0 fully saturated rings. The number of halogens is 1. The van der Waals surface area contributed by atoms with Crippen molar-refractivity contribution in [1.29, 1.82) is 0 Å². The van der Waals surface area contributed by atoms with Gasteiger partial charge in [-0.25, -0.2) is 4.99 Å². The predicted molar refractivity (Wildman–Crippen MR) is 95.4 cm³/mol. The maximum atomic E-state index is 5.82. The third kappa shape index (κ3) is 7.69. The van der Waals surface area contributed by atoms with E-state index in [4.69, 9.17) is 10.5 Å². The van der Waals surface area contributed by atoms with Gasteiger partial charge in [-0.1, -0.05) is 37.6 Å². The quantitative estimate of drug-likeness (QED) is 0.310. The number of nitrogens with one attached hydrogen (secondary N) is 1. The Hall–Kier alpha value is -0.820. The summed E-state index contributed by atoms with van der Waals surface area (Å²) in [5.74, 6) is 0.514. The van der Waals surface area contributed by atoms with E-state index < -0.39 is 0 Å². The summed E-state index contributed by atoms with van der Waals surface area (Å²) in [4.78, 5) is 4.36. The second kappa shape index (κ2) is 12.0. The number of benzene rings is 1. The van der Waals surface area contributed by atoms with Crippen molar-refractivity contribution in [1.82, 2.24) is 5.32 Å². The molecule has 0 aliphatic carbocycles. The molecule has 20 heavy (non-hydrogen) atoms. The molecular formula is C15H26IN3O. The number of ether oxygens (including phenoxy) is 1. The highest BCUT2D eigenvalue weighted by Gasteiger charge is 2.01. The second-order valence-corrected chi connectivity index (χ2v) is 4.39. The van der Waals surface area contributed by atoms with Gasteiger partial charge in [-0.15, -0.1) is 24.0 Å². The number of hydrogen-bond acceptors (Lipinski definition) is 2. The largest absolute Gasteiger partial charge is 0.377 e. The topological polar surface area (TPSA) is 59.6 Å². The monoisotopic (exact) mass is 391 g/mol. The number of nitrogens with two attached hydrogens (primary N) is 1. The van der Waals surface area contributed by atoms with Gasteiger partial charge in [0.05, 0.1) is 13.2 Å². The van der Waals surface area contributed by atoms with Crippen LogP contribution in [0.4, 0.5) is 0 Å². The fourth-order valence-electron chi connectivity index (χ4n) is 1.68. The molecule has 0 saturated carbocycles. The first kappa shape index (κ1) is 19.2. The van der Waals surface area contributed by atoms with Gasteiger partial charge in [0.2, 0.25) is 0 Å². The highest BCUT2D eigenvalue weighted by Crippen LogP contribution is 2.11. The number of unbranched alkanes of at least 4 members (excludes halogenated alkanes) is 1. The lowest BCUT2D eigenvalue weighted by atomic mass is 10.1. The summed E-state index contributed by atoms with van der Waals surface area (Å²) in [6.07, 6.45) is 2.26. The van der Waals surface area contributed by atoms with Crippen molar-refractivity contribution >= 4 is 29.9 Å². The molecule has 1 aromatic rings. The number of rotatable bonds is 8. The summed E-state index contributed by atoms with van der Waals surface area (Å²) in [6.45, 7) is 6.97. The fourth-order valence-corrected chi connectivity index (χ4v) is 1.68. The molecule has 0 saturated heterocycles. The summed E-state index contributed by atoms with van der Waals surface area (Å²) in [6, 6.07) is 8.17. The van der Waals surface area contributed by atoms with Crippen LogP contribution in [0.15, 0.2) is 29.3 Å². The molecule has 114 valence electrons. The van der Waals surface area contributed by atoms with Gasteiger partial charge in [0.25, 0.3) is 0 Å². The van der Waals surface area contributed by atoms with Gasteiger partial charge in [0.1, 0.15) is 0 Å². The van der Waals surface area contributed by atoms with Gasteiger partial charge in [-0.3, -0.25) is 0 Å². The van der Waals surface area contributed by atoms with Crippen molar-refractivity contribution < 1.29 is 4.74 Å². The van der Waals surface area contributed by atoms with E-state index in [-0.39, 0.29) is 24.0 Å². The van der Waals surface area contributed by atoms with Crippen LogP contribution in [-0.4, -0.2) is 19.1 Å². The second-order valence-electron chi connectivity index (χ2n) is 4.39. The Morgan fingerprint density at radius 2 is 1.95 bits per heavy atom. The molecule has 3 N–H and O–H groups in total. The number of hydrogen-bond donors (Lipinski definition) is 2. The van der Waals surface area contributed by atoms with Crippen LogP contribution in [0.25, 0.3) is 0 Å². The third-order valence-electron chi connectivity index (χ3n) is 2.84. The van der Waals surface area contributed by atoms with E-state index in [9.17, 15) is 0 Å². The molecule has 1 aromatic carbocycles. The first-order valence-electron chi connectivity index (χ1n) is 6.96. The lowest BCUT2D eigenvalue weighted by Gasteiger charge is -2.08. The van der Waals surface area contributed by atoms with Crippen LogP contribution in [0.2, 0.25) is 0 Å². The van der Waals surface area contributed by atoms with Gasteiger partial charge in [0, 0.05) is 13.2 Å². The Bertz CT molecular complexity index is 396. The van der Waals surface area contributed by atoms with Crippen LogP contribution in [0, 0.1) is 0 Å². The molecule has 1 rings (SSSR count). The maximum Gasteiger partial charge on any atom is 0.188 e. The lowest BCUT2D eigenvalue weighted by Crippen LogP contribution is -2.32. The molecule has 0 bridgehead atoms. The van der Waals surface area contributed by atoms with Crippen molar-refractivity contribution in [2.75, 3.05) is 13.2 Å². The van der Waals surface area contributed by atoms with E-state index in [1.807, 2.05) is 19.1 Å². The maximum absolute atomic E-state index is 5.82. The zero-order valence-corrected chi connectivity index (χ0v) is 14.7. The molecule has 4 nitrogen and oxygen atoms in total. The zero-order chi connectivity index (χ0) is 13.9. The van der Waals surface area contributed by atoms with Crippen molar-refractivity contribution in [3.63, 3.8) is 0 Å². The molecule has 0 heterocycles. The van der Waals surface area contributed by atoms with Crippen LogP contribution in [-0.2, 0) is 17.9 Å². The minimum Gasteiger partial charge on any atom is -0.377 e. The number of aliphatic imine (C=N–C) groups is 1. The summed E-state index contributed by atoms with van der Waals surface area (Å²) in [7, 11) is 0. The normalized spacial score (nSPS) is 11.0. The Labute approximate surface area is 139 Å². The molecular weight excluding hydrogens is 365 g/mol. The van der Waals surface area contributed by atoms with Crippen LogP contribution in [0.5, 0.6) is 0 Å². The van der Waals surface area contributed by atoms with Crippen molar-refractivity contribution in [3.05, 3.63) is 35.4 Å². The van der Waals surface area contributed by atoms with Gasteiger partial charge in [0.15, 0.2) is 5.96 Å². The van der Waals surface area contributed by atoms with Crippen LogP contribution >= 0.6 is 24.0 Å². The molecule has 0 aliphatic heterocycles. The van der Waals surface area contributed by atoms with Crippen molar-refractivity contribution in [2.24, 2.45) is 10.7 Å². The van der Waals surface area contributed by atoms with Gasteiger partial charge in [-0.05, 0) is 24.5 Å². The molecule has 5 heteroatoms. The highest BCUT2D eigenvalue weighted by atomic mass is 127. The van der Waals surface area contributed by atoms with E-state index in [1.54, 1.807) is 0 Å². The molecule has 0 aliphatic rings. The molecule has 0 radical (unpaired) electrons. The summed E-state index contributed by atoms with van der Waals surface area (Å²) >= 11 is 0. The average molecular weight is 391 g/mol. The van der Waals surface area contributed by atoms with E-state index in [2.05, 4.69) is 29.4 Å². The van der Waals surface area contributed by atoms with Crippen LogP contribution < -0.4 is 11.1 Å². The van der Waals surface area contributed by atoms with Gasteiger partial charge < -0.3 is 15.8 Å². The third-order valence-corrected chi connectivity index (χ3v) is 2.84. The lowest BCUT2D eigenvalue weighted by molar-refractivity contribution is 0.133. The fraction of sp³-hybridized carbons (Fsp3) is 0.533. The summed E-state index contributed by atoms with van der Waals surface area (Å²) < 4.78 is 5.45. The SMILES string of the molecule is CCCCNC(N)=NCc1ccccc1COCC.I. The Kier molecular flexibility index (Phi) is 11.5. The molecule has 0 spiro atoms. The Morgan fingerprint density at radius 1 is 1.25 bits per heavy atom. The smallest absolute Gasteiger partial charge is 0.188 e. The van der Waals surface area contributed by atoms with E-state index in [0.29, 0.717) is 19.1 Å². The van der Waals surface area contributed by atoms with Gasteiger partial charge >= 0.3 is 0 Å². The zero-order valence-electron chi connectivity index (χ0n) is 12.4. The van der Waals surface area contributed by atoms with E-state index in [1.165, 1.54) is 5.56 Å². The number of nitrogens with zero attached hydrogens (tertiary/aromatic N) is 1. The standard InChI is InChI=1S/C15H25N3O.HI/c1-3-5-10-17-15(16)18-11-13-8-6-7-9-14(13)12-19-4-2;/h6-9H,3-5,10-12H2,1-2H3,(H3,16,17,18);1H. The minimum atomic E-state index is 0. The van der Waals surface area contributed by atoms with E-state index in [0.717, 1.165) is 31.6 Å². The van der Waals surface area contributed by atoms with Crippen LogP contribution in [0.3, 0.4) is 0 Å². The van der Waals surface area contributed by atoms with Gasteiger partial charge in [-0.2, -0.15) is 0 Å².